The van der Waals surface area contributed by atoms with E-state index in [1.807, 2.05) is 47.6 Å². The first-order valence-electron chi connectivity index (χ1n) is 14.0. The predicted molar refractivity (Wildman–Crippen MR) is 151 cm³/mol. The van der Waals surface area contributed by atoms with Gasteiger partial charge in [-0.2, -0.15) is 0 Å². The van der Waals surface area contributed by atoms with Crippen LogP contribution in [0, 0.1) is 11.8 Å². The van der Waals surface area contributed by atoms with E-state index in [0.717, 1.165) is 0 Å². The van der Waals surface area contributed by atoms with E-state index in [0.29, 0.717) is 23.3 Å². The zero-order chi connectivity index (χ0) is 30.1. The third-order valence-corrected chi connectivity index (χ3v) is 9.72. The van der Waals surface area contributed by atoms with Crippen LogP contribution in [0.5, 0.6) is 17.2 Å². The summed E-state index contributed by atoms with van der Waals surface area (Å²) < 4.78 is 20.2. The molecule has 0 aromatic heterocycles. The molecule has 8 nitrogen and oxygen atoms in total. The summed E-state index contributed by atoms with van der Waals surface area (Å²) in [6.45, 7) is 16.9. The number of rotatable bonds is 5. The Morgan fingerprint density at radius 1 is 1.17 bits per heavy atom. The van der Waals surface area contributed by atoms with Crippen LogP contribution >= 0.6 is 0 Å². The molecule has 8 heteroatoms. The summed E-state index contributed by atoms with van der Waals surface area (Å²) in [6, 6.07) is 0. The number of carbonyl (C=O) groups is 3. The number of carboxylic acid groups (broad SMARTS) is 1. The summed E-state index contributed by atoms with van der Waals surface area (Å²) in [4.78, 5) is 40.5. The molecule has 1 saturated heterocycles. The number of hydrogen-bond acceptors (Lipinski definition) is 7. The first-order valence-corrected chi connectivity index (χ1v) is 14.0. The third-order valence-electron chi connectivity index (χ3n) is 9.72. The standard InChI is InChI=1S/C33H36O8/c1-9-29(3,4)22-25-18(11-12-30(5,6)39-25)23(34)21-24(35)19-14-17-15-20-31(7,8)41-32(27(17)36,13-10-16(2)28(37)38)33(19,20)40-26(21)22/h9-12,14,17,20,34H,1,13,15H2,2-8H3,(H,37,38)/b16-10+/t17-,20-,32-,33+/m0/s1. The molecule has 1 aromatic rings. The lowest BCUT2D eigenvalue weighted by Crippen LogP contribution is -2.72. The van der Waals surface area contributed by atoms with Crippen molar-refractivity contribution in [2.75, 3.05) is 0 Å². The second-order valence-corrected chi connectivity index (χ2v) is 13.6. The molecule has 3 heterocycles. The van der Waals surface area contributed by atoms with Gasteiger partial charge in [-0.05, 0) is 53.2 Å². The van der Waals surface area contributed by atoms with Crippen LogP contribution in [0.2, 0.25) is 0 Å². The summed E-state index contributed by atoms with van der Waals surface area (Å²) in [6.07, 6.45) is 8.81. The molecule has 7 rings (SSSR count). The fourth-order valence-electron chi connectivity index (χ4n) is 7.57. The maximum absolute atomic E-state index is 14.6. The van der Waals surface area contributed by atoms with Gasteiger partial charge >= 0.3 is 5.97 Å². The highest BCUT2D eigenvalue weighted by molar-refractivity contribution is 6.19. The molecule has 2 N–H and O–H groups in total. The Kier molecular flexibility index (Phi) is 5.37. The van der Waals surface area contributed by atoms with E-state index in [2.05, 4.69) is 6.58 Å². The topological polar surface area (TPSA) is 119 Å². The second-order valence-electron chi connectivity index (χ2n) is 13.6. The molecule has 0 radical (unpaired) electrons. The van der Waals surface area contributed by atoms with Crippen molar-refractivity contribution < 1.29 is 38.8 Å². The van der Waals surface area contributed by atoms with Crippen LogP contribution < -0.4 is 9.47 Å². The van der Waals surface area contributed by atoms with Gasteiger partial charge in [0.25, 0.3) is 0 Å². The number of Topliss-reactive ketones (excluding diaryl/α,β-unsaturated/α-hetero) is 2. The predicted octanol–water partition coefficient (Wildman–Crippen LogP) is 5.47. The zero-order valence-corrected chi connectivity index (χ0v) is 24.5. The molecular formula is C33H36O8. The minimum Gasteiger partial charge on any atom is -0.506 e. The highest BCUT2D eigenvalue weighted by Gasteiger charge is 2.81. The Morgan fingerprint density at radius 2 is 1.85 bits per heavy atom. The quantitative estimate of drug-likeness (QED) is 0.360. The van der Waals surface area contributed by atoms with Gasteiger partial charge in [-0.25, -0.2) is 4.79 Å². The van der Waals surface area contributed by atoms with E-state index in [1.165, 1.54) is 13.0 Å². The van der Waals surface area contributed by atoms with Crippen LogP contribution in [0.15, 0.2) is 42.0 Å². The number of fused-ring (bicyclic) bond motifs is 2. The first-order chi connectivity index (χ1) is 18.9. The van der Waals surface area contributed by atoms with E-state index in [9.17, 15) is 24.6 Å². The van der Waals surface area contributed by atoms with Crippen molar-refractivity contribution in [2.45, 2.75) is 89.1 Å². The maximum Gasteiger partial charge on any atom is 0.330 e. The zero-order valence-electron chi connectivity index (χ0n) is 24.5. The molecule has 1 spiro atoms. The van der Waals surface area contributed by atoms with E-state index >= 15 is 0 Å². The molecule has 41 heavy (non-hydrogen) atoms. The van der Waals surface area contributed by atoms with Gasteiger partial charge in [0.15, 0.2) is 22.8 Å². The van der Waals surface area contributed by atoms with Crippen LogP contribution in [0.25, 0.3) is 6.08 Å². The Labute approximate surface area is 239 Å². The molecule has 6 aliphatic rings. The van der Waals surface area contributed by atoms with Gasteiger partial charge in [-0.15, -0.1) is 6.58 Å². The number of phenols is 1. The van der Waals surface area contributed by atoms with Gasteiger partial charge in [-0.1, -0.05) is 32.1 Å². The lowest BCUT2D eigenvalue weighted by molar-refractivity contribution is -0.171. The summed E-state index contributed by atoms with van der Waals surface area (Å²) in [7, 11) is 0. The minimum atomic E-state index is -1.64. The monoisotopic (exact) mass is 560 g/mol. The van der Waals surface area contributed by atoms with Gasteiger partial charge in [0.05, 0.1) is 11.2 Å². The molecule has 4 atom stereocenters. The number of aliphatic carboxylic acids is 1. The molecular weight excluding hydrogens is 524 g/mol. The van der Waals surface area contributed by atoms with Crippen molar-refractivity contribution >= 4 is 23.6 Å². The van der Waals surface area contributed by atoms with Gasteiger partial charge in [0.2, 0.25) is 0 Å². The fraction of sp³-hybridized carbons (Fsp3) is 0.485. The van der Waals surface area contributed by atoms with Gasteiger partial charge in [0, 0.05) is 40.4 Å². The lowest BCUT2D eigenvalue weighted by Gasteiger charge is -2.56. The summed E-state index contributed by atoms with van der Waals surface area (Å²) in [5.74, 6) is -2.50. The average molecular weight is 561 g/mol. The number of ether oxygens (including phenoxy) is 3. The molecule has 4 bridgehead atoms. The Balaban J connectivity index is 1.70. The third kappa shape index (κ3) is 3.28. The molecule has 2 fully saturated rings. The molecule has 3 aliphatic carbocycles. The summed E-state index contributed by atoms with van der Waals surface area (Å²) in [5, 5.41) is 21.2. The number of hydrogen-bond donors (Lipinski definition) is 2. The van der Waals surface area contributed by atoms with Gasteiger partial charge in [-0.3, -0.25) is 9.59 Å². The Hall–Kier alpha value is -3.65. The van der Waals surface area contributed by atoms with E-state index in [-0.39, 0.29) is 40.4 Å². The smallest absolute Gasteiger partial charge is 0.330 e. The van der Waals surface area contributed by atoms with Crippen LogP contribution in [-0.2, 0) is 19.7 Å². The number of aromatic hydroxyl groups is 1. The largest absolute Gasteiger partial charge is 0.506 e. The van der Waals surface area contributed by atoms with Crippen LogP contribution in [0.1, 0.15) is 82.8 Å². The van der Waals surface area contributed by atoms with Crippen molar-refractivity contribution in [1.82, 2.24) is 0 Å². The number of carbonyl (C=O) groups excluding carboxylic acids is 2. The van der Waals surface area contributed by atoms with E-state index < -0.39 is 51.4 Å². The molecule has 1 aromatic carbocycles. The van der Waals surface area contributed by atoms with E-state index in [1.54, 1.807) is 18.2 Å². The highest BCUT2D eigenvalue weighted by Crippen LogP contribution is 2.69. The lowest BCUT2D eigenvalue weighted by atomic mass is 9.51. The number of allylic oxidation sites excluding steroid dienone is 2. The minimum absolute atomic E-state index is 0.0168. The van der Waals surface area contributed by atoms with Crippen molar-refractivity contribution in [3.8, 4) is 17.2 Å². The summed E-state index contributed by atoms with van der Waals surface area (Å²) >= 11 is 0. The van der Waals surface area contributed by atoms with Crippen molar-refractivity contribution in [3.05, 3.63) is 58.7 Å². The second kappa shape index (κ2) is 8.00. The normalized spacial score (nSPS) is 31.9. The maximum atomic E-state index is 14.6. The molecule has 0 amide bonds. The van der Waals surface area contributed by atoms with E-state index in [4.69, 9.17) is 14.2 Å². The van der Waals surface area contributed by atoms with Crippen molar-refractivity contribution in [2.24, 2.45) is 11.8 Å². The number of ketones is 2. The molecule has 3 aliphatic heterocycles. The number of benzene rings is 1. The van der Waals surface area contributed by atoms with Crippen molar-refractivity contribution in [1.29, 1.82) is 0 Å². The number of carboxylic acids is 1. The van der Waals surface area contributed by atoms with Crippen LogP contribution in [-0.4, -0.2) is 50.2 Å². The fourth-order valence-corrected chi connectivity index (χ4v) is 7.57. The average Bonchev–Trinajstić information content (AvgIpc) is 3.03. The molecule has 1 saturated carbocycles. The summed E-state index contributed by atoms with van der Waals surface area (Å²) in [5.41, 5.74) is -4.26. The van der Waals surface area contributed by atoms with Crippen LogP contribution in [0.4, 0.5) is 0 Å². The molecule has 216 valence electrons. The van der Waals surface area contributed by atoms with Gasteiger partial charge in [0.1, 0.15) is 28.4 Å². The van der Waals surface area contributed by atoms with Crippen molar-refractivity contribution in [3.63, 3.8) is 0 Å². The Morgan fingerprint density at radius 3 is 2.49 bits per heavy atom. The highest BCUT2D eigenvalue weighted by atomic mass is 16.6. The SMILES string of the molecule is C=CC(C)(C)c1c2c(c(O)c3c1O[C@]14C(=C[C@H]5C[C@H]1C(C)(C)O[C@@]4(C/C=C(\C)C(=O)O)C5=O)C3=O)C=CC(C)(C)O2. The van der Waals surface area contributed by atoms with Gasteiger partial charge < -0.3 is 24.4 Å². The number of phenolic OH excluding ortho intramolecular Hbond substituents is 1. The first kappa shape index (κ1) is 27.5. The van der Waals surface area contributed by atoms with Crippen LogP contribution in [0.3, 0.4) is 0 Å². The molecule has 0 unspecified atom stereocenters. The Bertz CT molecular complexity index is 1570.